The number of aliphatic hydroxyl groups excluding tert-OH is 2. The monoisotopic (exact) mass is 859 g/mol. The quantitative estimate of drug-likeness (QED) is 0.0449. The average Bonchev–Trinajstić information content (AvgIpc) is 3.29. The van der Waals surface area contributed by atoms with Crippen LogP contribution in [0.25, 0.3) is 10.8 Å². The van der Waals surface area contributed by atoms with Gasteiger partial charge in [0.2, 0.25) is 5.79 Å². The first-order chi connectivity index (χ1) is 30.8. The van der Waals surface area contributed by atoms with E-state index < -0.39 is 29.9 Å². The fourth-order valence-corrected chi connectivity index (χ4v) is 9.88. The number of unbranched alkanes of at least 4 members (excludes halogenated alkanes) is 2. The first kappa shape index (κ1) is 45.3. The number of carbonyl (C=O) groups excluding carboxylic acids is 2. The second kappa shape index (κ2) is 21.6. The Labute approximate surface area is 370 Å². The van der Waals surface area contributed by atoms with E-state index in [1.807, 2.05) is 73.7 Å². The molecule has 63 heavy (non-hydrogen) atoms. The number of aliphatic hydroxyl groups is 2. The third-order valence-corrected chi connectivity index (χ3v) is 12.5. The first-order valence-electron chi connectivity index (χ1n) is 22.5. The molecule has 0 spiro atoms. The molecule has 6 unspecified atom stereocenters. The Kier molecular flexibility index (Phi) is 15.5. The number of hydrogen-bond donors (Lipinski definition) is 3. The summed E-state index contributed by atoms with van der Waals surface area (Å²) >= 11 is 0. The molecule has 3 aliphatic rings. The lowest BCUT2D eigenvalue weighted by Gasteiger charge is -2.59. The molecule has 6 atom stereocenters. The van der Waals surface area contributed by atoms with Gasteiger partial charge in [-0.25, -0.2) is 9.59 Å². The number of fused-ring (bicyclic) bond motifs is 3. The van der Waals surface area contributed by atoms with E-state index in [1.54, 1.807) is 24.0 Å². The van der Waals surface area contributed by atoms with Crippen LogP contribution in [0.4, 0.5) is 9.59 Å². The van der Waals surface area contributed by atoms with Gasteiger partial charge in [-0.2, -0.15) is 0 Å². The molecule has 1 saturated carbocycles. The van der Waals surface area contributed by atoms with Crippen molar-refractivity contribution in [1.82, 2.24) is 10.2 Å². The molecule has 12 heteroatoms. The Balaban J connectivity index is 1.47. The van der Waals surface area contributed by atoms with E-state index in [1.165, 1.54) is 0 Å². The van der Waals surface area contributed by atoms with Crippen LogP contribution < -0.4 is 14.8 Å². The molecule has 2 aliphatic carbocycles. The van der Waals surface area contributed by atoms with Crippen molar-refractivity contribution in [1.29, 1.82) is 0 Å². The Hall–Kier alpha value is -5.69. The first-order valence-corrected chi connectivity index (χ1v) is 22.5. The summed E-state index contributed by atoms with van der Waals surface area (Å²) in [5, 5.41) is 29.6. The fourth-order valence-electron chi connectivity index (χ4n) is 9.88. The Morgan fingerprint density at radius 3 is 2.48 bits per heavy atom. The molecule has 4 aromatic carbocycles. The predicted molar refractivity (Wildman–Crippen MR) is 242 cm³/mol. The van der Waals surface area contributed by atoms with Gasteiger partial charge in [-0.05, 0) is 97.0 Å². The highest BCUT2D eigenvalue weighted by Gasteiger charge is 2.65. The van der Waals surface area contributed by atoms with Crippen LogP contribution in [-0.2, 0) is 27.5 Å². The van der Waals surface area contributed by atoms with Gasteiger partial charge in [0.05, 0.1) is 31.4 Å². The van der Waals surface area contributed by atoms with Crippen molar-refractivity contribution >= 4 is 28.7 Å². The zero-order chi connectivity index (χ0) is 44.2. The second-order valence-electron chi connectivity index (χ2n) is 16.4. The standard InChI is InChI=1S/C51H61N3O9/c1-4-29-60-51-46(54(50(58)59-6-3)33-38-22-16-21-36-19-10-11-23-40(36)38)32-44(53-61-34-35-17-8-7-9-18-35)42-30-37(20-12-14-27-55)41(24-13-15-28-56)47(48(42)51)43-31-39(25-26-45(43)63-51)62-49(57)52-5-2/h4,7-11,16-19,21-23,25-26,30-31,37,41,46-48,55-56H,1,5-6,12-15,20,24,27-29,32-34H2,2-3H3,(H,52,57). The van der Waals surface area contributed by atoms with Gasteiger partial charge in [-0.15, -0.1) is 6.58 Å². The molecule has 0 aromatic heterocycles. The lowest BCUT2D eigenvalue weighted by Crippen LogP contribution is -2.70. The highest BCUT2D eigenvalue weighted by atomic mass is 16.7. The summed E-state index contributed by atoms with van der Waals surface area (Å²) < 4.78 is 26.2. The Morgan fingerprint density at radius 1 is 0.952 bits per heavy atom. The van der Waals surface area contributed by atoms with Gasteiger partial charge in [0.1, 0.15) is 24.1 Å². The highest BCUT2D eigenvalue weighted by Crippen LogP contribution is 2.62. The number of ether oxygens (including phenoxy) is 4. The van der Waals surface area contributed by atoms with Gasteiger partial charge in [0.25, 0.3) is 0 Å². The average molecular weight is 860 g/mol. The van der Waals surface area contributed by atoms with Gasteiger partial charge in [0.15, 0.2) is 0 Å². The molecule has 1 fully saturated rings. The number of benzene rings is 4. The smallest absolute Gasteiger partial charge is 0.412 e. The van der Waals surface area contributed by atoms with Gasteiger partial charge < -0.3 is 39.3 Å². The lowest BCUT2D eigenvalue weighted by atomic mass is 9.55. The lowest BCUT2D eigenvalue weighted by molar-refractivity contribution is -0.256. The normalized spacial score (nSPS) is 22.8. The topological polar surface area (TPSA) is 148 Å². The minimum atomic E-state index is -1.50. The molecule has 4 aromatic rings. The summed E-state index contributed by atoms with van der Waals surface area (Å²) in [7, 11) is 0. The number of nitrogens with zero attached hydrogens (tertiary/aromatic N) is 2. The highest BCUT2D eigenvalue weighted by molar-refractivity contribution is 6.03. The zero-order valence-electron chi connectivity index (χ0n) is 36.5. The molecule has 2 amide bonds. The Bertz CT molecular complexity index is 2240. The Morgan fingerprint density at radius 2 is 1.71 bits per heavy atom. The van der Waals surface area contributed by atoms with Crippen LogP contribution in [0.1, 0.15) is 81.4 Å². The third kappa shape index (κ3) is 10.1. The van der Waals surface area contributed by atoms with Crippen LogP contribution in [0.3, 0.4) is 0 Å². The number of nitrogens with one attached hydrogen (secondary N) is 1. The summed E-state index contributed by atoms with van der Waals surface area (Å²) in [5.41, 5.74) is 4.29. The largest absolute Gasteiger partial charge is 0.459 e. The van der Waals surface area contributed by atoms with Gasteiger partial charge in [-0.1, -0.05) is 103 Å². The molecular formula is C51H61N3O9. The molecule has 1 heterocycles. The van der Waals surface area contributed by atoms with Crippen LogP contribution >= 0.6 is 0 Å². The molecule has 0 bridgehead atoms. The van der Waals surface area contributed by atoms with Crippen LogP contribution in [0.15, 0.2) is 120 Å². The number of carbonyl (C=O) groups is 2. The van der Waals surface area contributed by atoms with Crippen molar-refractivity contribution in [3.8, 4) is 11.5 Å². The van der Waals surface area contributed by atoms with E-state index in [4.69, 9.17) is 28.9 Å². The summed E-state index contributed by atoms with van der Waals surface area (Å²) in [6.07, 6.45) is 7.49. The van der Waals surface area contributed by atoms with E-state index in [-0.39, 0.29) is 63.8 Å². The molecule has 334 valence electrons. The van der Waals surface area contributed by atoms with Crippen molar-refractivity contribution in [2.45, 2.75) is 89.7 Å². The number of oxime groups is 1. The van der Waals surface area contributed by atoms with Crippen molar-refractivity contribution in [2.75, 3.05) is 33.0 Å². The SMILES string of the molecule is C=CCOC12Oc3ccc(OC(=O)NCC)cc3C3C(CCCCO)C(CCCCO)C=C(C(=NOCc4ccccc4)CC1N(Cc1cccc4ccccc14)C(=O)OCC)C32. The van der Waals surface area contributed by atoms with Crippen molar-refractivity contribution in [2.24, 2.45) is 22.9 Å². The van der Waals surface area contributed by atoms with Gasteiger partial charge in [-0.3, -0.25) is 4.90 Å². The molecule has 0 saturated heterocycles. The van der Waals surface area contributed by atoms with E-state index >= 15 is 0 Å². The van der Waals surface area contributed by atoms with E-state index in [0.29, 0.717) is 36.6 Å². The van der Waals surface area contributed by atoms with Crippen molar-refractivity contribution in [3.63, 3.8) is 0 Å². The molecular weight excluding hydrogens is 799 g/mol. The minimum Gasteiger partial charge on any atom is -0.459 e. The van der Waals surface area contributed by atoms with Crippen LogP contribution in [-0.4, -0.2) is 77.8 Å². The maximum absolute atomic E-state index is 14.7. The summed E-state index contributed by atoms with van der Waals surface area (Å²) in [6, 6.07) is 28.7. The molecule has 12 nitrogen and oxygen atoms in total. The maximum Gasteiger partial charge on any atom is 0.412 e. The summed E-state index contributed by atoms with van der Waals surface area (Å²) in [4.78, 5) is 35.5. The van der Waals surface area contributed by atoms with E-state index in [9.17, 15) is 19.8 Å². The zero-order valence-corrected chi connectivity index (χ0v) is 36.5. The number of hydrogen-bond acceptors (Lipinski definition) is 10. The number of allylic oxidation sites excluding steroid dienone is 1. The minimum absolute atomic E-state index is 0.0163. The third-order valence-electron chi connectivity index (χ3n) is 12.5. The summed E-state index contributed by atoms with van der Waals surface area (Å²) in [6.45, 7) is 8.90. The van der Waals surface area contributed by atoms with Crippen LogP contribution in [0, 0.1) is 17.8 Å². The summed E-state index contributed by atoms with van der Waals surface area (Å²) in [5.74, 6) is -1.45. The van der Waals surface area contributed by atoms with Crippen molar-refractivity contribution < 1.29 is 43.6 Å². The molecule has 3 N–H and O–H groups in total. The van der Waals surface area contributed by atoms with E-state index in [0.717, 1.165) is 58.7 Å². The van der Waals surface area contributed by atoms with E-state index in [2.05, 4.69) is 36.2 Å². The predicted octanol–water partition coefficient (Wildman–Crippen LogP) is 9.44. The van der Waals surface area contributed by atoms with Crippen LogP contribution in [0.5, 0.6) is 11.5 Å². The molecule has 1 aliphatic heterocycles. The van der Waals surface area contributed by atoms with Crippen LogP contribution in [0.2, 0.25) is 0 Å². The van der Waals surface area contributed by atoms with Crippen molar-refractivity contribution in [3.05, 3.63) is 132 Å². The van der Waals surface area contributed by atoms with Gasteiger partial charge in [0, 0.05) is 37.7 Å². The molecule has 0 radical (unpaired) electrons. The molecule has 7 rings (SSSR count). The second-order valence-corrected chi connectivity index (χ2v) is 16.4. The van der Waals surface area contributed by atoms with Gasteiger partial charge >= 0.3 is 12.2 Å². The number of rotatable bonds is 20. The number of amides is 2. The maximum atomic E-state index is 14.7. The fraction of sp³-hybridized carbons (Fsp3) is 0.431.